The lowest BCUT2D eigenvalue weighted by molar-refractivity contribution is -0.171. The van der Waals surface area contributed by atoms with Crippen molar-refractivity contribution >= 4 is 23.5 Å². The first-order valence-electron chi connectivity index (χ1n) is 6.04. The van der Waals surface area contributed by atoms with E-state index in [1.165, 1.54) is 6.92 Å². The summed E-state index contributed by atoms with van der Waals surface area (Å²) in [6.45, 7) is 1.20. The number of hydrogen-bond acceptors (Lipinski definition) is 6. The third-order valence-electron chi connectivity index (χ3n) is 3.09. The zero-order valence-electron chi connectivity index (χ0n) is 11.5. The molecule has 0 radical (unpaired) electrons. The van der Waals surface area contributed by atoms with Crippen LogP contribution in [0.25, 0.3) is 0 Å². The average Bonchev–Trinajstić information content (AvgIpc) is 2.74. The van der Waals surface area contributed by atoms with E-state index in [0.717, 1.165) is 14.2 Å². The largest absolute Gasteiger partial charge is 0.468 e. The van der Waals surface area contributed by atoms with Crippen LogP contribution >= 0.6 is 0 Å². The molecule has 0 bridgehead atoms. The Morgan fingerprint density at radius 2 is 1.83 bits per heavy atom. The lowest BCUT2D eigenvalue weighted by Gasteiger charge is -2.21. The molecular formula is C12H16O6. The second kappa shape index (κ2) is 5.29. The minimum absolute atomic E-state index is 0.0987. The van der Waals surface area contributed by atoms with Gasteiger partial charge in [-0.25, -0.2) is 0 Å². The van der Waals surface area contributed by atoms with Crippen molar-refractivity contribution in [1.82, 2.24) is 0 Å². The van der Waals surface area contributed by atoms with Gasteiger partial charge < -0.3 is 14.3 Å². The minimum atomic E-state index is -2.02. The highest BCUT2D eigenvalue weighted by Crippen LogP contribution is 2.42. The minimum Gasteiger partial charge on any atom is -0.468 e. The molecule has 100 valence electrons. The Bertz CT molecular complexity index is 414. The van der Waals surface area contributed by atoms with Gasteiger partial charge in [0.15, 0.2) is 5.78 Å². The molecule has 0 aliphatic heterocycles. The summed E-state index contributed by atoms with van der Waals surface area (Å²) >= 11 is 0. The van der Waals surface area contributed by atoms with Crippen LogP contribution in [0.4, 0.5) is 0 Å². The Morgan fingerprint density at radius 1 is 1.33 bits per heavy atom. The van der Waals surface area contributed by atoms with E-state index in [2.05, 4.69) is 9.47 Å². The van der Waals surface area contributed by atoms with Crippen molar-refractivity contribution in [2.24, 2.45) is 11.3 Å². The zero-order valence-corrected chi connectivity index (χ0v) is 10.5. The first-order chi connectivity index (χ1) is 8.82. The van der Waals surface area contributed by atoms with Crippen molar-refractivity contribution in [3.8, 4) is 0 Å². The molecule has 0 aromatic rings. The fraction of sp³-hybridized carbons (Fsp3) is 0.667. The summed E-state index contributed by atoms with van der Waals surface area (Å²) in [5, 5.41) is 0. The predicted octanol–water partition coefficient (Wildman–Crippen LogP) is 0.277. The highest BCUT2D eigenvalue weighted by atomic mass is 16.5. The van der Waals surface area contributed by atoms with Crippen molar-refractivity contribution in [2.45, 2.75) is 26.2 Å². The third kappa shape index (κ3) is 2.14. The van der Waals surface area contributed by atoms with Crippen LogP contribution in [-0.4, -0.2) is 37.7 Å². The second-order valence-corrected chi connectivity index (χ2v) is 4.18. The smallest absolute Gasteiger partial charge is 0.330 e. The van der Waals surface area contributed by atoms with E-state index in [4.69, 9.17) is 1.37 Å². The van der Waals surface area contributed by atoms with Crippen molar-refractivity contribution in [1.29, 1.82) is 0 Å². The molecule has 1 saturated carbocycles. The van der Waals surface area contributed by atoms with E-state index < -0.39 is 41.2 Å². The van der Waals surface area contributed by atoms with Crippen LogP contribution in [0.15, 0.2) is 0 Å². The number of ketones is 2. The third-order valence-corrected chi connectivity index (χ3v) is 3.09. The molecule has 2 atom stereocenters. The first kappa shape index (κ1) is 12.7. The molecular weight excluding hydrogens is 240 g/mol. The maximum Gasteiger partial charge on any atom is 0.330 e. The van der Waals surface area contributed by atoms with E-state index in [9.17, 15) is 19.2 Å². The van der Waals surface area contributed by atoms with Crippen molar-refractivity contribution < 1.29 is 30.0 Å². The Labute approximate surface area is 106 Å². The molecule has 1 aliphatic carbocycles. The number of esters is 2. The lowest BCUT2D eigenvalue weighted by Crippen LogP contribution is -2.46. The van der Waals surface area contributed by atoms with Gasteiger partial charge >= 0.3 is 11.9 Å². The molecule has 6 heteroatoms. The summed E-state index contributed by atoms with van der Waals surface area (Å²) in [6.07, 6.45) is -1.27. The first-order valence-corrected chi connectivity index (χ1v) is 5.46. The van der Waals surface area contributed by atoms with Crippen LogP contribution in [0.5, 0.6) is 0 Å². The Morgan fingerprint density at radius 3 is 2.22 bits per heavy atom. The molecule has 0 heterocycles. The number of Topliss-reactive ketones (excluding diaryl/α,β-unsaturated/α-hetero) is 2. The Hall–Kier alpha value is -1.72. The van der Waals surface area contributed by atoms with Crippen LogP contribution in [-0.2, 0) is 28.7 Å². The quantitative estimate of drug-likeness (QED) is 0.531. The van der Waals surface area contributed by atoms with Crippen LogP contribution in [0.1, 0.15) is 27.5 Å². The molecule has 0 N–H and O–H groups in total. The summed E-state index contributed by atoms with van der Waals surface area (Å²) in [4.78, 5) is 47.1. The van der Waals surface area contributed by atoms with E-state index in [0.29, 0.717) is 0 Å². The van der Waals surface area contributed by atoms with Gasteiger partial charge in [0.05, 0.1) is 14.2 Å². The number of carbonyl (C=O) groups excluding carboxylic acids is 4. The normalized spacial score (nSPS) is 24.1. The van der Waals surface area contributed by atoms with Gasteiger partial charge in [0.2, 0.25) is 5.41 Å². The molecule has 0 spiro atoms. The van der Waals surface area contributed by atoms with Gasteiger partial charge in [0.1, 0.15) is 5.78 Å². The van der Waals surface area contributed by atoms with Gasteiger partial charge in [-0.1, -0.05) is 0 Å². The summed E-state index contributed by atoms with van der Waals surface area (Å²) in [5.74, 6) is -4.22. The van der Waals surface area contributed by atoms with Gasteiger partial charge in [0.25, 0.3) is 0 Å². The Kier molecular flexibility index (Phi) is 3.74. The number of carbonyl (C=O) groups is 4. The van der Waals surface area contributed by atoms with Gasteiger partial charge in [-0.3, -0.25) is 14.4 Å². The summed E-state index contributed by atoms with van der Waals surface area (Å²) in [5.41, 5.74) is -2.02. The lowest BCUT2D eigenvalue weighted by atomic mass is 9.83. The average molecular weight is 257 g/mol. The molecule has 0 saturated heterocycles. The van der Waals surface area contributed by atoms with Gasteiger partial charge in [-0.2, -0.15) is 0 Å². The predicted molar refractivity (Wildman–Crippen MR) is 59.5 cm³/mol. The molecule has 1 fully saturated rings. The highest BCUT2D eigenvalue weighted by molar-refractivity contribution is 6.22. The molecule has 6 nitrogen and oxygen atoms in total. The zero-order chi connectivity index (χ0) is 14.8. The maximum atomic E-state index is 12.3. The van der Waals surface area contributed by atoms with E-state index in [1.807, 2.05) is 0 Å². The van der Waals surface area contributed by atoms with E-state index in [1.54, 1.807) is 0 Å². The van der Waals surface area contributed by atoms with Crippen LogP contribution in [0.2, 0.25) is 0 Å². The standard InChI is InChI=1S/C12H16O6/c1-7(13)6-8-4-5-12(9(8)14,10(15)17-2)11(16)18-3/h8H,4-6H2,1-3H3/i6D. The second-order valence-electron chi connectivity index (χ2n) is 4.18. The molecule has 0 amide bonds. The fourth-order valence-corrected chi connectivity index (χ4v) is 2.22. The molecule has 0 aromatic carbocycles. The summed E-state index contributed by atoms with van der Waals surface area (Å²) < 4.78 is 16.7. The molecule has 0 aromatic heterocycles. The molecule has 2 unspecified atom stereocenters. The molecule has 1 aliphatic rings. The fourth-order valence-electron chi connectivity index (χ4n) is 2.22. The van der Waals surface area contributed by atoms with Crippen molar-refractivity contribution in [3.05, 3.63) is 0 Å². The van der Waals surface area contributed by atoms with Gasteiger partial charge in [0, 0.05) is 13.7 Å². The monoisotopic (exact) mass is 257 g/mol. The maximum absolute atomic E-state index is 12.3. The molecule has 18 heavy (non-hydrogen) atoms. The number of methoxy groups -OCH3 is 2. The SMILES string of the molecule is [2H]C(C(C)=O)C1CCC(C(=O)OC)(C(=O)OC)C1=O. The Balaban J connectivity index is 3.17. The number of hydrogen-bond donors (Lipinski definition) is 0. The van der Waals surface area contributed by atoms with E-state index in [-0.39, 0.29) is 12.8 Å². The highest BCUT2D eigenvalue weighted by Gasteiger charge is 2.60. The van der Waals surface area contributed by atoms with Crippen molar-refractivity contribution in [3.63, 3.8) is 0 Å². The van der Waals surface area contributed by atoms with Crippen LogP contribution in [0, 0.1) is 11.3 Å². The topological polar surface area (TPSA) is 86.7 Å². The summed E-state index contributed by atoms with van der Waals surface area (Å²) in [7, 11) is 2.13. The molecule has 1 rings (SSSR count). The number of ether oxygens (including phenoxy) is 2. The van der Waals surface area contributed by atoms with Crippen LogP contribution < -0.4 is 0 Å². The van der Waals surface area contributed by atoms with E-state index >= 15 is 0 Å². The number of rotatable bonds is 4. The van der Waals surface area contributed by atoms with Gasteiger partial charge in [-0.15, -0.1) is 0 Å². The summed E-state index contributed by atoms with van der Waals surface area (Å²) in [6, 6.07) is 0. The van der Waals surface area contributed by atoms with Crippen molar-refractivity contribution in [2.75, 3.05) is 14.2 Å². The van der Waals surface area contributed by atoms with Gasteiger partial charge in [-0.05, 0) is 19.8 Å². The van der Waals surface area contributed by atoms with Crippen LogP contribution in [0.3, 0.4) is 0 Å².